The molecule has 1 aliphatic carbocycles. The first-order valence-corrected chi connectivity index (χ1v) is 8.57. The number of piperazine rings is 1. The fourth-order valence-corrected chi connectivity index (χ4v) is 2.81. The Bertz CT molecular complexity index is 736. The minimum atomic E-state index is -0.571. The monoisotopic (exact) mass is 359 g/mol. The van der Waals surface area contributed by atoms with Gasteiger partial charge in [-0.25, -0.2) is 4.79 Å². The smallest absolute Gasteiger partial charge is 0.337 e. The van der Waals surface area contributed by atoms with Gasteiger partial charge in [-0.1, -0.05) is 6.07 Å². The first-order chi connectivity index (χ1) is 12.5. The number of carbonyl (C=O) groups excluding carboxylic acids is 4. The molecular weight excluding hydrogens is 338 g/mol. The molecule has 8 heteroatoms. The summed E-state index contributed by atoms with van der Waals surface area (Å²) >= 11 is 0. The van der Waals surface area contributed by atoms with Crippen LogP contribution in [-0.4, -0.2) is 72.8 Å². The lowest BCUT2D eigenvalue weighted by atomic mass is 10.1. The molecule has 3 rings (SSSR count). The van der Waals surface area contributed by atoms with E-state index in [1.165, 1.54) is 18.1 Å². The summed E-state index contributed by atoms with van der Waals surface area (Å²) in [6.07, 6.45) is 1.85. The maximum atomic E-state index is 12.6. The molecule has 0 spiro atoms. The molecule has 2 aliphatic rings. The van der Waals surface area contributed by atoms with E-state index in [-0.39, 0.29) is 11.9 Å². The van der Waals surface area contributed by atoms with E-state index in [0.29, 0.717) is 37.3 Å². The van der Waals surface area contributed by atoms with Crippen LogP contribution in [0.25, 0.3) is 0 Å². The van der Waals surface area contributed by atoms with E-state index in [9.17, 15) is 19.2 Å². The quantitative estimate of drug-likeness (QED) is 0.607. The largest absolute Gasteiger partial charge is 0.465 e. The topological polar surface area (TPSA) is 96.0 Å². The number of methoxy groups -OCH3 is 1. The van der Waals surface area contributed by atoms with Crippen molar-refractivity contribution in [2.75, 3.05) is 33.3 Å². The summed E-state index contributed by atoms with van der Waals surface area (Å²) in [7, 11) is 1.28. The Kier molecular flexibility index (Phi) is 5.20. The number of ether oxygens (including phenoxy) is 1. The molecule has 26 heavy (non-hydrogen) atoms. The van der Waals surface area contributed by atoms with Crippen molar-refractivity contribution in [2.45, 2.75) is 18.9 Å². The molecule has 0 radical (unpaired) electrons. The summed E-state index contributed by atoms with van der Waals surface area (Å²) in [6.45, 7) is 1.28. The summed E-state index contributed by atoms with van der Waals surface area (Å²) in [5.74, 6) is -1.84. The molecule has 8 nitrogen and oxygen atoms in total. The standard InChI is InChI=1S/C18H21N3O5/c1-26-18(25)13-4-2-3-12(11-13)16(23)20-7-9-21(10-8-20)17(24)15(22)19-14-5-6-14/h2-4,11,14H,5-10H2,1H3,(H,19,22). The number of rotatable bonds is 3. The summed E-state index contributed by atoms with van der Waals surface area (Å²) in [4.78, 5) is 51.2. The summed E-state index contributed by atoms with van der Waals surface area (Å²) in [6, 6.07) is 6.47. The number of benzene rings is 1. The summed E-state index contributed by atoms with van der Waals surface area (Å²) < 4.78 is 4.67. The zero-order chi connectivity index (χ0) is 18.7. The van der Waals surface area contributed by atoms with E-state index in [4.69, 9.17) is 0 Å². The van der Waals surface area contributed by atoms with Crippen LogP contribution in [0.3, 0.4) is 0 Å². The SMILES string of the molecule is COC(=O)c1cccc(C(=O)N2CCN(C(=O)C(=O)NC3CC3)CC2)c1. The maximum absolute atomic E-state index is 12.6. The van der Waals surface area contributed by atoms with Crippen LogP contribution < -0.4 is 5.32 Å². The molecule has 1 N–H and O–H groups in total. The van der Waals surface area contributed by atoms with Gasteiger partial charge in [0.05, 0.1) is 12.7 Å². The highest BCUT2D eigenvalue weighted by Gasteiger charge is 2.31. The van der Waals surface area contributed by atoms with E-state index in [0.717, 1.165) is 12.8 Å². The van der Waals surface area contributed by atoms with Crippen LogP contribution in [0.5, 0.6) is 0 Å². The van der Waals surface area contributed by atoms with Crippen molar-refractivity contribution in [2.24, 2.45) is 0 Å². The van der Waals surface area contributed by atoms with E-state index >= 15 is 0 Å². The molecule has 2 fully saturated rings. The third-order valence-corrected chi connectivity index (χ3v) is 4.49. The Morgan fingerprint density at radius 1 is 1.00 bits per heavy atom. The van der Waals surface area contributed by atoms with E-state index < -0.39 is 17.8 Å². The lowest BCUT2D eigenvalue weighted by Crippen LogP contribution is -2.54. The predicted molar refractivity (Wildman–Crippen MR) is 91.4 cm³/mol. The Balaban J connectivity index is 1.57. The Morgan fingerprint density at radius 2 is 1.62 bits per heavy atom. The molecule has 1 heterocycles. The lowest BCUT2D eigenvalue weighted by molar-refractivity contribution is -0.146. The van der Waals surface area contributed by atoms with Gasteiger partial charge < -0.3 is 19.9 Å². The molecule has 0 unspecified atom stereocenters. The number of nitrogens with one attached hydrogen (secondary N) is 1. The van der Waals surface area contributed by atoms with Crippen LogP contribution in [0, 0.1) is 0 Å². The first-order valence-electron chi connectivity index (χ1n) is 8.57. The second-order valence-corrected chi connectivity index (χ2v) is 6.40. The van der Waals surface area contributed by atoms with Crippen LogP contribution in [0.1, 0.15) is 33.6 Å². The number of hydrogen-bond acceptors (Lipinski definition) is 5. The van der Waals surface area contributed by atoms with Crippen LogP contribution in [-0.2, 0) is 14.3 Å². The van der Waals surface area contributed by atoms with E-state index in [1.54, 1.807) is 23.1 Å². The van der Waals surface area contributed by atoms with Gasteiger partial charge in [-0.3, -0.25) is 14.4 Å². The van der Waals surface area contributed by atoms with Crippen molar-refractivity contribution in [1.82, 2.24) is 15.1 Å². The third kappa shape index (κ3) is 4.01. The Hall–Kier alpha value is -2.90. The Morgan fingerprint density at radius 3 is 2.23 bits per heavy atom. The molecular formula is C18H21N3O5. The molecule has 3 amide bonds. The summed E-state index contributed by atoms with van der Waals surface area (Å²) in [5.41, 5.74) is 0.697. The van der Waals surface area contributed by atoms with E-state index in [1.807, 2.05) is 0 Å². The van der Waals surface area contributed by atoms with Crippen molar-refractivity contribution in [1.29, 1.82) is 0 Å². The van der Waals surface area contributed by atoms with Crippen molar-refractivity contribution in [3.05, 3.63) is 35.4 Å². The van der Waals surface area contributed by atoms with Gasteiger partial charge in [0, 0.05) is 37.8 Å². The van der Waals surface area contributed by atoms with Gasteiger partial charge in [-0.05, 0) is 31.0 Å². The van der Waals surface area contributed by atoms with Gasteiger partial charge >= 0.3 is 17.8 Å². The maximum Gasteiger partial charge on any atom is 0.337 e. The molecule has 1 aromatic carbocycles. The van der Waals surface area contributed by atoms with E-state index in [2.05, 4.69) is 10.1 Å². The van der Waals surface area contributed by atoms with Crippen LogP contribution >= 0.6 is 0 Å². The molecule has 0 atom stereocenters. The first kappa shape index (κ1) is 17.9. The molecule has 1 saturated heterocycles. The number of amides is 3. The predicted octanol–water partition coefficient (Wildman–Crippen LogP) is 0.0362. The van der Waals surface area contributed by atoms with Gasteiger partial charge in [-0.15, -0.1) is 0 Å². The number of esters is 1. The zero-order valence-electron chi connectivity index (χ0n) is 14.6. The molecule has 1 aromatic rings. The minimum Gasteiger partial charge on any atom is -0.465 e. The van der Waals surface area contributed by atoms with Crippen molar-refractivity contribution in [3.8, 4) is 0 Å². The molecule has 138 valence electrons. The zero-order valence-corrected chi connectivity index (χ0v) is 14.6. The second-order valence-electron chi connectivity index (χ2n) is 6.40. The molecule has 0 bridgehead atoms. The number of carbonyl (C=O) groups is 4. The normalized spacial score (nSPS) is 16.8. The van der Waals surface area contributed by atoms with Crippen molar-refractivity contribution >= 4 is 23.7 Å². The lowest BCUT2D eigenvalue weighted by Gasteiger charge is -2.34. The molecule has 0 aromatic heterocycles. The molecule has 1 aliphatic heterocycles. The summed E-state index contributed by atoms with van der Waals surface area (Å²) in [5, 5.41) is 2.68. The van der Waals surface area contributed by atoms with Crippen molar-refractivity contribution in [3.63, 3.8) is 0 Å². The number of hydrogen-bond donors (Lipinski definition) is 1. The van der Waals surface area contributed by atoms with Gasteiger partial charge in [0.1, 0.15) is 0 Å². The highest BCUT2D eigenvalue weighted by molar-refractivity contribution is 6.35. The third-order valence-electron chi connectivity index (χ3n) is 4.49. The average molecular weight is 359 g/mol. The second kappa shape index (κ2) is 7.55. The fourth-order valence-electron chi connectivity index (χ4n) is 2.81. The van der Waals surface area contributed by atoms with Gasteiger partial charge in [0.2, 0.25) is 0 Å². The van der Waals surface area contributed by atoms with Gasteiger partial charge in [0.25, 0.3) is 5.91 Å². The highest BCUT2D eigenvalue weighted by Crippen LogP contribution is 2.18. The van der Waals surface area contributed by atoms with Crippen LogP contribution in [0.15, 0.2) is 24.3 Å². The minimum absolute atomic E-state index is 0.136. The van der Waals surface area contributed by atoms with Crippen molar-refractivity contribution < 1.29 is 23.9 Å². The fraction of sp³-hybridized carbons (Fsp3) is 0.444. The Labute approximate surface area is 151 Å². The molecule has 1 saturated carbocycles. The van der Waals surface area contributed by atoms with Crippen LogP contribution in [0.2, 0.25) is 0 Å². The number of nitrogens with zero attached hydrogens (tertiary/aromatic N) is 2. The van der Waals surface area contributed by atoms with Gasteiger partial charge in [0.15, 0.2) is 0 Å². The van der Waals surface area contributed by atoms with Crippen LogP contribution in [0.4, 0.5) is 0 Å². The highest BCUT2D eigenvalue weighted by atomic mass is 16.5. The van der Waals surface area contributed by atoms with Gasteiger partial charge in [-0.2, -0.15) is 0 Å². The average Bonchev–Trinajstić information content (AvgIpc) is 3.50.